The van der Waals surface area contributed by atoms with Crippen LogP contribution in [-0.2, 0) is 0 Å². The fourth-order valence-corrected chi connectivity index (χ4v) is 4.24. The number of piperazine rings is 1. The number of nitrogens with zero attached hydrogens (tertiary/aromatic N) is 4. The van der Waals surface area contributed by atoms with E-state index in [1.54, 1.807) is 36.3 Å². The second-order valence-electron chi connectivity index (χ2n) is 8.34. The Morgan fingerprint density at radius 1 is 1.06 bits per heavy atom. The van der Waals surface area contributed by atoms with Crippen LogP contribution in [-0.4, -0.2) is 48.5 Å². The van der Waals surface area contributed by atoms with E-state index < -0.39 is 0 Å². The number of urea groups is 1. The second kappa shape index (κ2) is 11.5. The standard InChI is InChI=1S/C27H27ClN6O2/c1-19-5-3-4-6-24(19)32-26(30-18-29)33-15-16-34(27(35)31-22-11-9-21(28)10-12-22)25(17-33)20-7-13-23(36-2)14-8-20/h3-14,25H,15-17H2,1-2H3,(H,30,32)(H,31,35). The summed E-state index contributed by atoms with van der Waals surface area (Å²) in [5, 5.41) is 16.2. The maximum Gasteiger partial charge on any atom is 0.322 e. The van der Waals surface area contributed by atoms with Gasteiger partial charge in [0.15, 0.2) is 0 Å². The largest absolute Gasteiger partial charge is 0.497 e. The van der Waals surface area contributed by atoms with E-state index >= 15 is 0 Å². The van der Waals surface area contributed by atoms with Gasteiger partial charge in [-0.05, 0) is 60.5 Å². The van der Waals surface area contributed by atoms with Gasteiger partial charge in [-0.1, -0.05) is 41.9 Å². The van der Waals surface area contributed by atoms with Gasteiger partial charge in [-0.2, -0.15) is 5.26 Å². The lowest BCUT2D eigenvalue weighted by Gasteiger charge is -2.42. The Hall–Kier alpha value is -4.22. The minimum Gasteiger partial charge on any atom is -0.497 e. The average molecular weight is 503 g/mol. The molecule has 1 fully saturated rings. The Morgan fingerprint density at radius 3 is 2.44 bits per heavy atom. The van der Waals surface area contributed by atoms with E-state index in [0.29, 0.717) is 36.3 Å². The van der Waals surface area contributed by atoms with Gasteiger partial charge in [0.25, 0.3) is 0 Å². The molecule has 3 aromatic rings. The van der Waals surface area contributed by atoms with Crippen molar-refractivity contribution in [3.63, 3.8) is 0 Å². The van der Waals surface area contributed by atoms with Crippen LogP contribution in [0.15, 0.2) is 77.8 Å². The first-order valence-corrected chi connectivity index (χ1v) is 11.9. The molecule has 2 N–H and O–H groups in total. The number of benzene rings is 3. The van der Waals surface area contributed by atoms with Crippen LogP contribution in [0.2, 0.25) is 5.02 Å². The Balaban J connectivity index is 1.60. The lowest BCUT2D eigenvalue weighted by atomic mass is 10.0. The summed E-state index contributed by atoms with van der Waals surface area (Å²) in [4.78, 5) is 21.2. The number of carbonyl (C=O) groups is 1. The highest BCUT2D eigenvalue weighted by atomic mass is 35.5. The molecule has 1 aliphatic heterocycles. The summed E-state index contributed by atoms with van der Waals surface area (Å²) in [6, 6.07) is 22.0. The molecule has 184 valence electrons. The number of anilines is 2. The van der Waals surface area contributed by atoms with Gasteiger partial charge in [0, 0.05) is 36.0 Å². The fourth-order valence-electron chi connectivity index (χ4n) is 4.12. The second-order valence-corrected chi connectivity index (χ2v) is 8.78. The number of hydrogen-bond acceptors (Lipinski definition) is 4. The van der Waals surface area contributed by atoms with E-state index in [1.165, 1.54) is 0 Å². The summed E-state index contributed by atoms with van der Waals surface area (Å²) in [6.07, 6.45) is 1.91. The van der Waals surface area contributed by atoms with Gasteiger partial charge in [0.1, 0.15) is 5.75 Å². The summed E-state index contributed by atoms with van der Waals surface area (Å²) in [5.74, 6) is 1.18. The number of halogens is 1. The van der Waals surface area contributed by atoms with E-state index in [0.717, 1.165) is 22.6 Å². The number of guanidine groups is 1. The van der Waals surface area contributed by atoms with Crippen LogP contribution in [0.5, 0.6) is 5.75 Å². The maximum absolute atomic E-state index is 13.3. The van der Waals surface area contributed by atoms with Crippen LogP contribution >= 0.6 is 11.6 Å². The first-order valence-electron chi connectivity index (χ1n) is 11.5. The van der Waals surface area contributed by atoms with Crippen molar-refractivity contribution in [2.75, 3.05) is 37.4 Å². The van der Waals surface area contributed by atoms with Crippen LogP contribution in [0.25, 0.3) is 0 Å². The van der Waals surface area contributed by atoms with Gasteiger partial charge in [-0.15, -0.1) is 4.99 Å². The quantitative estimate of drug-likeness (QED) is 0.279. The molecule has 0 aliphatic carbocycles. The number of hydrogen-bond donors (Lipinski definition) is 2. The molecular weight excluding hydrogens is 476 g/mol. The van der Waals surface area contributed by atoms with Crippen LogP contribution < -0.4 is 15.4 Å². The van der Waals surface area contributed by atoms with Crippen LogP contribution in [0, 0.1) is 18.4 Å². The normalized spacial score (nSPS) is 15.7. The van der Waals surface area contributed by atoms with E-state index in [1.807, 2.05) is 66.5 Å². The molecule has 8 nitrogen and oxygen atoms in total. The molecule has 36 heavy (non-hydrogen) atoms. The Kier molecular flexibility index (Phi) is 7.93. The summed E-state index contributed by atoms with van der Waals surface area (Å²) >= 11 is 5.99. The molecule has 1 saturated heterocycles. The van der Waals surface area contributed by atoms with Gasteiger partial charge in [0.2, 0.25) is 12.2 Å². The molecule has 3 aromatic carbocycles. The number of methoxy groups -OCH3 is 1. The van der Waals surface area contributed by atoms with Crippen LogP contribution in [0.4, 0.5) is 16.2 Å². The number of nitriles is 1. The van der Waals surface area contributed by atoms with E-state index in [2.05, 4.69) is 15.6 Å². The molecule has 0 spiro atoms. The van der Waals surface area contributed by atoms with Crippen molar-refractivity contribution in [3.8, 4) is 11.9 Å². The first-order chi connectivity index (χ1) is 17.5. The van der Waals surface area contributed by atoms with Crippen molar-refractivity contribution >= 4 is 35.0 Å². The SMILES string of the molecule is COc1ccc(C2CN(/C(=N\C#N)Nc3ccccc3C)CCN2C(=O)Nc2ccc(Cl)cc2)cc1. The zero-order valence-electron chi connectivity index (χ0n) is 20.1. The van der Waals surface area contributed by atoms with Crippen molar-refractivity contribution < 1.29 is 9.53 Å². The summed E-state index contributed by atoms with van der Waals surface area (Å²) in [5.41, 5.74) is 3.51. The molecule has 4 rings (SSSR count). The zero-order chi connectivity index (χ0) is 25.5. The molecule has 0 saturated carbocycles. The molecule has 1 heterocycles. The van der Waals surface area contributed by atoms with Gasteiger partial charge >= 0.3 is 6.03 Å². The number of amides is 2. The Morgan fingerprint density at radius 2 is 1.78 bits per heavy atom. The average Bonchev–Trinajstić information content (AvgIpc) is 2.90. The molecule has 1 atom stereocenters. The molecule has 0 bridgehead atoms. The predicted octanol–water partition coefficient (Wildman–Crippen LogP) is 5.50. The van der Waals surface area contributed by atoms with Crippen molar-refractivity contribution in [1.29, 1.82) is 5.26 Å². The Bertz CT molecular complexity index is 1270. The monoisotopic (exact) mass is 502 g/mol. The smallest absolute Gasteiger partial charge is 0.322 e. The lowest BCUT2D eigenvalue weighted by Crippen LogP contribution is -2.54. The molecule has 1 aliphatic rings. The minimum atomic E-state index is -0.292. The third kappa shape index (κ3) is 5.88. The summed E-state index contributed by atoms with van der Waals surface area (Å²) in [7, 11) is 1.62. The van der Waals surface area contributed by atoms with Gasteiger partial charge in [0.05, 0.1) is 13.2 Å². The molecule has 2 amide bonds. The van der Waals surface area contributed by atoms with E-state index in [4.69, 9.17) is 16.3 Å². The summed E-state index contributed by atoms with van der Waals surface area (Å²) < 4.78 is 5.31. The third-order valence-electron chi connectivity index (χ3n) is 6.08. The number of ether oxygens (including phenoxy) is 1. The van der Waals surface area contributed by atoms with Crippen molar-refractivity contribution in [2.24, 2.45) is 4.99 Å². The van der Waals surface area contributed by atoms with E-state index in [-0.39, 0.29) is 12.1 Å². The number of carbonyl (C=O) groups excluding carboxylic acids is 1. The van der Waals surface area contributed by atoms with Crippen LogP contribution in [0.1, 0.15) is 17.2 Å². The van der Waals surface area contributed by atoms with Gasteiger partial charge < -0.3 is 25.2 Å². The van der Waals surface area contributed by atoms with Gasteiger partial charge in [-0.25, -0.2) is 4.79 Å². The number of nitrogens with one attached hydrogen (secondary N) is 2. The number of aliphatic imine (C=N–C) groups is 1. The highest BCUT2D eigenvalue weighted by molar-refractivity contribution is 6.30. The molecule has 1 unspecified atom stereocenters. The topological polar surface area (TPSA) is 93.0 Å². The third-order valence-corrected chi connectivity index (χ3v) is 6.34. The highest BCUT2D eigenvalue weighted by Gasteiger charge is 2.33. The number of rotatable bonds is 4. The molecular formula is C27H27ClN6O2. The lowest BCUT2D eigenvalue weighted by molar-refractivity contribution is 0.136. The molecule has 9 heteroatoms. The first kappa shape index (κ1) is 24.9. The highest BCUT2D eigenvalue weighted by Crippen LogP contribution is 2.29. The minimum absolute atomic E-state index is 0.219. The van der Waals surface area contributed by atoms with Crippen LogP contribution in [0.3, 0.4) is 0 Å². The zero-order valence-corrected chi connectivity index (χ0v) is 20.9. The van der Waals surface area contributed by atoms with Crippen molar-refractivity contribution in [2.45, 2.75) is 13.0 Å². The molecule has 0 aromatic heterocycles. The maximum atomic E-state index is 13.3. The fraction of sp³-hybridized carbons (Fsp3) is 0.222. The van der Waals surface area contributed by atoms with Crippen molar-refractivity contribution in [1.82, 2.24) is 9.80 Å². The molecule has 0 radical (unpaired) electrons. The Labute approximate surface area is 215 Å². The van der Waals surface area contributed by atoms with Gasteiger partial charge in [-0.3, -0.25) is 0 Å². The van der Waals surface area contributed by atoms with E-state index in [9.17, 15) is 10.1 Å². The summed E-state index contributed by atoms with van der Waals surface area (Å²) in [6.45, 7) is 3.36. The number of para-hydroxylation sites is 1. The predicted molar refractivity (Wildman–Crippen MR) is 142 cm³/mol. The number of aryl methyl sites for hydroxylation is 1. The van der Waals surface area contributed by atoms with Crippen molar-refractivity contribution in [3.05, 3.63) is 88.9 Å².